The van der Waals surface area contributed by atoms with Crippen LogP contribution in [-0.2, 0) is 9.47 Å². The van der Waals surface area contributed by atoms with Crippen LogP contribution in [0.2, 0.25) is 0 Å². The maximum absolute atomic E-state index is 12.2. The van der Waals surface area contributed by atoms with Crippen molar-refractivity contribution in [3.63, 3.8) is 0 Å². The summed E-state index contributed by atoms with van der Waals surface area (Å²) >= 11 is 0. The molecule has 0 radical (unpaired) electrons. The molecule has 1 aliphatic rings. The van der Waals surface area contributed by atoms with Crippen LogP contribution in [0.4, 0.5) is 4.79 Å². The van der Waals surface area contributed by atoms with Crippen molar-refractivity contribution in [2.45, 2.75) is 45.3 Å². The van der Waals surface area contributed by atoms with Gasteiger partial charge in [0, 0.05) is 18.7 Å². The smallest absolute Gasteiger partial charge is 0.407 e. The van der Waals surface area contributed by atoms with E-state index in [0.29, 0.717) is 0 Å². The number of rotatable bonds is 6. The van der Waals surface area contributed by atoms with Gasteiger partial charge in [0.1, 0.15) is 5.60 Å². The van der Waals surface area contributed by atoms with Crippen molar-refractivity contribution in [2.24, 2.45) is 5.92 Å². The molecular weight excluding hydrogens is 330 g/mol. The predicted molar refractivity (Wildman–Crippen MR) is 86.1 cm³/mol. The molecule has 2 rings (SSSR count). The Morgan fingerprint density at radius 2 is 2.04 bits per heavy atom. The van der Waals surface area contributed by atoms with Gasteiger partial charge in [-0.25, -0.2) is 9.59 Å². The molecule has 2 amide bonds. The van der Waals surface area contributed by atoms with E-state index < -0.39 is 23.6 Å². The third kappa shape index (κ3) is 5.77. The van der Waals surface area contributed by atoms with Crippen LogP contribution < -0.4 is 10.6 Å². The zero-order chi connectivity index (χ0) is 18.6. The van der Waals surface area contributed by atoms with E-state index in [4.69, 9.17) is 9.26 Å². The molecule has 0 unspecified atom stereocenters. The number of amides is 2. The second kappa shape index (κ2) is 7.54. The van der Waals surface area contributed by atoms with Gasteiger partial charge in [0.2, 0.25) is 5.76 Å². The van der Waals surface area contributed by atoms with Crippen LogP contribution in [0, 0.1) is 5.92 Å². The van der Waals surface area contributed by atoms with Crippen molar-refractivity contribution >= 4 is 18.0 Å². The molecule has 0 aromatic carbocycles. The molecule has 138 valence electrons. The fourth-order valence-electron chi connectivity index (χ4n) is 2.16. The number of hydrogen-bond donors (Lipinski definition) is 2. The third-order valence-corrected chi connectivity index (χ3v) is 3.50. The molecular formula is C16H23N3O6. The van der Waals surface area contributed by atoms with Gasteiger partial charge < -0.3 is 24.6 Å². The Kier molecular flexibility index (Phi) is 5.66. The van der Waals surface area contributed by atoms with E-state index in [-0.39, 0.29) is 30.0 Å². The first-order valence-electron chi connectivity index (χ1n) is 8.02. The zero-order valence-corrected chi connectivity index (χ0v) is 14.8. The molecule has 25 heavy (non-hydrogen) atoms. The summed E-state index contributed by atoms with van der Waals surface area (Å²) in [5.74, 6) is -1.01. The highest BCUT2D eigenvalue weighted by Crippen LogP contribution is 2.32. The molecule has 1 saturated carbocycles. The summed E-state index contributed by atoms with van der Waals surface area (Å²) in [6, 6.07) is 0.957. The number of alkyl carbamates (subject to hydrolysis) is 1. The average Bonchev–Trinajstić information content (AvgIpc) is 3.24. The largest absolute Gasteiger partial charge is 0.464 e. The van der Waals surface area contributed by atoms with E-state index in [9.17, 15) is 14.4 Å². The summed E-state index contributed by atoms with van der Waals surface area (Å²) in [6.07, 6.45) is 1.38. The molecule has 0 aliphatic heterocycles. The zero-order valence-electron chi connectivity index (χ0n) is 14.8. The fourth-order valence-corrected chi connectivity index (χ4v) is 2.16. The lowest BCUT2D eigenvalue weighted by Crippen LogP contribution is -2.46. The topological polar surface area (TPSA) is 120 Å². The first-order valence-corrected chi connectivity index (χ1v) is 8.02. The first kappa shape index (κ1) is 18.8. The molecule has 0 saturated heterocycles. The molecule has 1 fully saturated rings. The number of nitrogens with one attached hydrogen (secondary N) is 2. The van der Waals surface area contributed by atoms with Crippen LogP contribution in [0.25, 0.3) is 0 Å². The van der Waals surface area contributed by atoms with Gasteiger partial charge in [-0.3, -0.25) is 4.79 Å². The highest BCUT2D eigenvalue weighted by atomic mass is 16.6. The SMILES string of the molecule is COC(=O)c1cc(C(=O)N[C@@H](CNC(=O)OC(C)(C)C)C2CC2)on1. The number of hydrogen-bond acceptors (Lipinski definition) is 7. The number of esters is 1. The number of nitrogens with zero attached hydrogens (tertiary/aromatic N) is 1. The van der Waals surface area contributed by atoms with E-state index in [1.165, 1.54) is 13.2 Å². The Hall–Kier alpha value is -2.58. The predicted octanol–water partition coefficient (Wildman–Crippen LogP) is 1.49. The van der Waals surface area contributed by atoms with Gasteiger partial charge in [0.15, 0.2) is 5.69 Å². The third-order valence-electron chi connectivity index (χ3n) is 3.50. The van der Waals surface area contributed by atoms with E-state index in [1.54, 1.807) is 20.8 Å². The molecule has 1 heterocycles. The summed E-state index contributed by atoms with van der Waals surface area (Å²) in [7, 11) is 1.21. The van der Waals surface area contributed by atoms with Crippen molar-refractivity contribution in [2.75, 3.05) is 13.7 Å². The molecule has 0 bridgehead atoms. The standard InChI is InChI=1S/C16H23N3O6/c1-16(2,3)24-15(22)17-8-11(9-5-6-9)18-13(20)12-7-10(19-25-12)14(21)23-4/h7,9,11H,5-6,8H2,1-4H3,(H,17,22)(H,18,20)/t11-/m0/s1. The van der Waals surface area contributed by atoms with E-state index >= 15 is 0 Å². The normalized spacial score (nSPS) is 15.2. The lowest BCUT2D eigenvalue weighted by atomic mass is 10.1. The molecule has 1 aliphatic carbocycles. The summed E-state index contributed by atoms with van der Waals surface area (Å²) in [5.41, 5.74) is -0.672. The molecule has 1 aromatic heterocycles. The maximum Gasteiger partial charge on any atom is 0.407 e. The molecule has 2 N–H and O–H groups in total. The Bertz CT molecular complexity index is 645. The van der Waals surface area contributed by atoms with Gasteiger partial charge in [-0.15, -0.1) is 0 Å². The van der Waals surface area contributed by atoms with Crippen LogP contribution in [0.5, 0.6) is 0 Å². The number of ether oxygens (including phenoxy) is 2. The molecule has 1 aromatic rings. The Morgan fingerprint density at radius 3 is 2.60 bits per heavy atom. The lowest BCUT2D eigenvalue weighted by molar-refractivity contribution is 0.0517. The Balaban J connectivity index is 1.90. The Morgan fingerprint density at radius 1 is 1.36 bits per heavy atom. The van der Waals surface area contributed by atoms with Gasteiger partial charge in [0.05, 0.1) is 7.11 Å². The van der Waals surface area contributed by atoms with Crippen LogP contribution in [0.1, 0.15) is 54.7 Å². The van der Waals surface area contributed by atoms with Gasteiger partial charge in [0.25, 0.3) is 5.91 Å². The minimum absolute atomic E-state index is 0.0810. The number of aromatic nitrogens is 1. The number of carbonyl (C=O) groups excluding carboxylic acids is 3. The second-order valence-electron chi connectivity index (χ2n) is 6.87. The van der Waals surface area contributed by atoms with Crippen LogP contribution in [-0.4, -0.2) is 48.4 Å². The highest BCUT2D eigenvalue weighted by molar-refractivity contribution is 5.95. The lowest BCUT2D eigenvalue weighted by Gasteiger charge is -2.22. The molecule has 1 atom stereocenters. The quantitative estimate of drug-likeness (QED) is 0.744. The van der Waals surface area contributed by atoms with E-state index in [1.807, 2.05) is 0 Å². The van der Waals surface area contributed by atoms with Gasteiger partial charge in [-0.1, -0.05) is 5.16 Å². The summed E-state index contributed by atoms with van der Waals surface area (Å²) in [5, 5.41) is 8.93. The van der Waals surface area contributed by atoms with Crippen molar-refractivity contribution in [3.8, 4) is 0 Å². The van der Waals surface area contributed by atoms with Gasteiger partial charge >= 0.3 is 12.1 Å². The molecule has 0 spiro atoms. The first-order chi connectivity index (χ1) is 11.7. The molecule has 9 nitrogen and oxygen atoms in total. The number of carbonyl (C=O) groups is 3. The second-order valence-corrected chi connectivity index (χ2v) is 6.87. The van der Waals surface area contributed by atoms with Gasteiger partial charge in [-0.05, 0) is 39.5 Å². The molecule has 9 heteroatoms. The summed E-state index contributed by atoms with van der Waals surface area (Å²) in [4.78, 5) is 35.3. The van der Waals surface area contributed by atoms with Crippen molar-refractivity contribution in [3.05, 3.63) is 17.5 Å². The van der Waals surface area contributed by atoms with Crippen molar-refractivity contribution in [1.29, 1.82) is 0 Å². The minimum atomic E-state index is -0.687. The average molecular weight is 353 g/mol. The summed E-state index contributed by atoms with van der Waals surface area (Å²) in [6.45, 7) is 5.56. The van der Waals surface area contributed by atoms with E-state index in [2.05, 4.69) is 20.5 Å². The number of methoxy groups -OCH3 is 1. The monoisotopic (exact) mass is 353 g/mol. The van der Waals surface area contributed by atoms with E-state index in [0.717, 1.165) is 12.8 Å². The van der Waals surface area contributed by atoms with Crippen LogP contribution in [0.3, 0.4) is 0 Å². The maximum atomic E-state index is 12.2. The van der Waals surface area contributed by atoms with Crippen molar-refractivity contribution in [1.82, 2.24) is 15.8 Å². The Labute approximate surface area is 145 Å². The van der Waals surface area contributed by atoms with Gasteiger partial charge in [-0.2, -0.15) is 0 Å². The summed E-state index contributed by atoms with van der Waals surface area (Å²) < 4.78 is 14.6. The van der Waals surface area contributed by atoms with Crippen LogP contribution >= 0.6 is 0 Å². The van der Waals surface area contributed by atoms with Crippen LogP contribution in [0.15, 0.2) is 10.6 Å². The van der Waals surface area contributed by atoms with Crippen molar-refractivity contribution < 1.29 is 28.4 Å². The fraction of sp³-hybridized carbons (Fsp3) is 0.625. The highest BCUT2D eigenvalue weighted by Gasteiger charge is 2.34. The minimum Gasteiger partial charge on any atom is -0.464 e.